The molecule has 1 aromatic heterocycles. The van der Waals surface area contributed by atoms with Crippen molar-refractivity contribution in [3.63, 3.8) is 0 Å². The van der Waals surface area contributed by atoms with Crippen LogP contribution in [0.3, 0.4) is 0 Å². The normalized spacial score (nSPS) is 16.9. The Kier molecular flexibility index (Phi) is 7.58. The van der Waals surface area contributed by atoms with Gasteiger partial charge in [-0.1, -0.05) is 12.1 Å². The molecule has 2 aromatic rings. The van der Waals surface area contributed by atoms with Crippen molar-refractivity contribution < 1.29 is 4.79 Å². The standard InChI is InChI=1S/C17H22N4O.2ClH/c1-13-10-19-21(11-13)16-3-2-8-20(12-16)17(22)9-14-4-6-15(18)7-5-14;;/h4-7,10-11,16H,2-3,8-9,12,18H2,1H3;2*1H. The quantitative estimate of drug-likeness (QED) is 0.844. The highest BCUT2D eigenvalue weighted by Crippen LogP contribution is 2.22. The molecular weight excluding hydrogens is 347 g/mol. The Balaban J connectivity index is 0.00000144. The SMILES string of the molecule is Cc1cnn(C2CCCN(C(=O)Cc3ccc(N)cc3)C2)c1.Cl.Cl. The van der Waals surface area contributed by atoms with E-state index in [1.54, 1.807) is 0 Å². The van der Waals surface area contributed by atoms with Crippen molar-refractivity contribution in [1.82, 2.24) is 14.7 Å². The number of rotatable bonds is 3. The first-order chi connectivity index (χ1) is 10.6. The third kappa shape index (κ3) is 4.89. The Bertz CT molecular complexity index is 657. The summed E-state index contributed by atoms with van der Waals surface area (Å²) in [6.07, 6.45) is 6.46. The monoisotopic (exact) mass is 370 g/mol. The van der Waals surface area contributed by atoms with Crippen LogP contribution in [0.4, 0.5) is 5.69 Å². The van der Waals surface area contributed by atoms with Crippen molar-refractivity contribution in [1.29, 1.82) is 0 Å². The van der Waals surface area contributed by atoms with Gasteiger partial charge in [0.2, 0.25) is 5.91 Å². The van der Waals surface area contributed by atoms with Crippen molar-refractivity contribution in [3.05, 3.63) is 47.8 Å². The van der Waals surface area contributed by atoms with Crippen molar-refractivity contribution in [2.45, 2.75) is 32.2 Å². The van der Waals surface area contributed by atoms with Crippen molar-refractivity contribution in [2.24, 2.45) is 0 Å². The number of halogens is 2. The van der Waals surface area contributed by atoms with E-state index in [0.29, 0.717) is 6.42 Å². The van der Waals surface area contributed by atoms with Gasteiger partial charge in [-0.15, -0.1) is 24.8 Å². The van der Waals surface area contributed by atoms with Crippen LogP contribution in [-0.4, -0.2) is 33.7 Å². The number of anilines is 1. The van der Waals surface area contributed by atoms with Crippen LogP contribution in [0.5, 0.6) is 0 Å². The van der Waals surface area contributed by atoms with E-state index in [1.807, 2.05) is 47.0 Å². The molecule has 24 heavy (non-hydrogen) atoms. The molecule has 0 radical (unpaired) electrons. The van der Waals surface area contributed by atoms with Gasteiger partial charge in [-0.3, -0.25) is 9.48 Å². The van der Waals surface area contributed by atoms with E-state index in [2.05, 4.69) is 11.3 Å². The molecule has 2 N–H and O–H groups in total. The third-order valence-corrected chi connectivity index (χ3v) is 4.19. The second-order valence-corrected chi connectivity index (χ2v) is 6.05. The topological polar surface area (TPSA) is 64.2 Å². The maximum absolute atomic E-state index is 12.5. The highest BCUT2D eigenvalue weighted by Gasteiger charge is 2.25. The number of hydrogen-bond donors (Lipinski definition) is 1. The van der Waals surface area contributed by atoms with Gasteiger partial charge < -0.3 is 10.6 Å². The summed E-state index contributed by atoms with van der Waals surface area (Å²) >= 11 is 0. The number of aromatic nitrogens is 2. The van der Waals surface area contributed by atoms with Gasteiger partial charge in [0.05, 0.1) is 18.7 Å². The molecule has 1 amide bonds. The van der Waals surface area contributed by atoms with E-state index in [1.165, 1.54) is 0 Å². The Morgan fingerprint density at radius 1 is 1.29 bits per heavy atom. The number of piperidine rings is 1. The Hall–Kier alpha value is -1.72. The molecule has 7 heteroatoms. The van der Waals surface area contributed by atoms with E-state index >= 15 is 0 Å². The predicted molar refractivity (Wildman–Crippen MR) is 101 cm³/mol. The summed E-state index contributed by atoms with van der Waals surface area (Å²) in [4.78, 5) is 14.5. The molecule has 3 rings (SSSR count). The van der Waals surface area contributed by atoms with E-state index in [0.717, 1.165) is 42.7 Å². The summed E-state index contributed by atoms with van der Waals surface area (Å²) in [5.41, 5.74) is 8.57. The van der Waals surface area contributed by atoms with Crippen LogP contribution < -0.4 is 5.73 Å². The minimum Gasteiger partial charge on any atom is -0.399 e. The van der Waals surface area contributed by atoms with Crippen LogP contribution in [0.25, 0.3) is 0 Å². The van der Waals surface area contributed by atoms with E-state index in [-0.39, 0.29) is 36.8 Å². The van der Waals surface area contributed by atoms with Gasteiger partial charge >= 0.3 is 0 Å². The van der Waals surface area contributed by atoms with E-state index < -0.39 is 0 Å². The van der Waals surface area contributed by atoms with Crippen molar-refractivity contribution in [2.75, 3.05) is 18.8 Å². The maximum Gasteiger partial charge on any atom is 0.227 e. The Morgan fingerprint density at radius 3 is 2.62 bits per heavy atom. The van der Waals surface area contributed by atoms with Crippen LogP contribution >= 0.6 is 24.8 Å². The molecule has 0 bridgehead atoms. The zero-order valence-corrected chi connectivity index (χ0v) is 15.4. The lowest BCUT2D eigenvalue weighted by Gasteiger charge is -2.33. The first kappa shape index (κ1) is 20.3. The lowest BCUT2D eigenvalue weighted by molar-refractivity contribution is -0.132. The average molecular weight is 371 g/mol. The minimum atomic E-state index is 0. The lowest BCUT2D eigenvalue weighted by Crippen LogP contribution is -2.41. The number of amides is 1. The molecule has 2 heterocycles. The fourth-order valence-corrected chi connectivity index (χ4v) is 2.95. The summed E-state index contributed by atoms with van der Waals surface area (Å²) in [6, 6.07) is 7.82. The van der Waals surface area contributed by atoms with E-state index in [9.17, 15) is 4.79 Å². The number of nitrogens with two attached hydrogens (primary N) is 1. The lowest BCUT2D eigenvalue weighted by atomic mass is 10.0. The smallest absolute Gasteiger partial charge is 0.227 e. The van der Waals surface area contributed by atoms with Crippen LogP contribution in [0.2, 0.25) is 0 Å². The zero-order chi connectivity index (χ0) is 15.5. The number of nitrogens with zero attached hydrogens (tertiary/aromatic N) is 3. The summed E-state index contributed by atoms with van der Waals surface area (Å²) in [5, 5.41) is 4.39. The molecule has 0 spiro atoms. The molecule has 1 aromatic carbocycles. The average Bonchev–Trinajstić information content (AvgIpc) is 2.96. The van der Waals surface area contributed by atoms with Crippen molar-refractivity contribution in [3.8, 4) is 0 Å². The number of aryl methyl sites for hydroxylation is 1. The molecule has 132 valence electrons. The summed E-state index contributed by atoms with van der Waals surface area (Å²) < 4.78 is 2.00. The van der Waals surface area contributed by atoms with Crippen LogP contribution in [0.1, 0.15) is 30.0 Å². The second-order valence-electron chi connectivity index (χ2n) is 6.05. The highest BCUT2D eigenvalue weighted by molar-refractivity contribution is 5.85. The van der Waals surface area contributed by atoms with Gasteiger partial charge in [-0.05, 0) is 43.0 Å². The molecule has 1 unspecified atom stereocenters. The fourth-order valence-electron chi connectivity index (χ4n) is 2.95. The van der Waals surface area contributed by atoms with Gasteiger partial charge in [0, 0.05) is 25.0 Å². The number of carbonyl (C=O) groups is 1. The zero-order valence-electron chi connectivity index (χ0n) is 13.7. The van der Waals surface area contributed by atoms with Crippen molar-refractivity contribution >= 4 is 36.4 Å². The van der Waals surface area contributed by atoms with Gasteiger partial charge in [-0.25, -0.2) is 0 Å². The molecule has 0 saturated carbocycles. The summed E-state index contributed by atoms with van der Waals surface area (Å²) in [6.45, 7) is 3.62. The molecule has 5 nitrogen and oxygen atoms in total. The van der Waals surface area contributed by atoms with Crippen LogP contribution in [-0.2, 0) is 11.2 Å². The third-order valence-electron chi connectivity index (χ3n) is 4.19. The highest BCUT2D eigenvalue weighted by atomic mass is 35.5. The Morgan fingerprint density at radius 2 is 2.00 bits per heavy atom. The molecule has 1 fully saturated rings. The van der Waals surface area contributed by atoms with Gasteiger partial charge in [0.1, 0.15) is 0 Å². The minimum absolute atomic E-state index is 0. The molecule has 1 aliphatic rings. The van der Waals surface area contributed by atoms with Gasteiger partial charge in [0.25, 0.3) is 0 Å². The predicted octanol–water partition coefficient (Wildman–Crippen LogP) is 3.02. The number of benzene rings is 1. The largest absolute Gasteiger partial charge is 0.399 e. The van der Waals surface area contributed by atoms with Gasteiger partial charge in [-0.2, -0.15) is 5.10 Å². The summed E-state index contributed by atoms with van der Waals surface area (Å²) in [7, 11) is 0. The molecule has 1 aliphatic heterocycles. The Labute approximate surface area is 155 Å². The molecule has 1 saturated heterocycles. The molecule has 1 atom stereocenters. The maximum atomic E-state index is 12.5. The number of carbonyl (C=O) groups excluding carboxylic acids is 1. The molecular formula is C17H24Cl2N4O. The fraction of sp³-hybridized carbons (Fsp3) is 0.412. The number of likely N-dealkylation sites (tertiary alicyclic amines) is 1. The first-order valence-corrected chi connectivity index (χ1v) is 7.75. The summed E-state index contributed by atoms with van der Waals surface area (Å²) in [5.74, 6) is 0.179. The van der Waals surface area contributed by atoms with E-state index in [4.69, 9.17) is 5.73 Å². The van der Waals surface area contributed by atoms with Gasteiger partial charge in [0.15, 0.2) is 0 Å². The van der Waals surface area contributed by atoms with Crippen LogP contribution in [0.15, 0.2) is 36.7 Å². The van der Waals surface area contributed by atoms with Crippen LogP contribution in [0, 0.1) is 6.92 Å². The first-order valence-electron chi connectivity index (χ1n) is 7.75. The molecule has 0 aliphatic carbocycles. The second kappa shape index (κ2) is 8.94. The number of nitrogen functional groups attached to an aromatic ring is 1. The number of hydrogen-bond acceptors (Lipinski definition) is 3.